The van der Waals surface area contributed by atoms with Gasteiger partial charge in [-0.2, -0.15) is 0 Å². The SMILES string of the molecule is c1ccc(-c2ccc(-c3nc(-c4ccc(-n5c6ccccc6c6cc(-n7c8ccccc8c8ccccc87)ccc65)cc4)nc(-c4ccc5ccccc5c4)n3)cc2)cc1. The van der Waals surface area contributed by atoms with Crippen LogP contribution in [-0.2, 0) is 0 Å². The minimum absolute atomic E-state index is 0.625. The summed E-state index contributed by atoms with van der Waals surface area (Å²) in [4.78, 5) is 15.3. The van der Waals surface area contributed by atoms with E-state index in [1.54, 1.807) is 0 Å². The van der Waals surface area contributed by atoms with Crippen molar-refractivity contribution in [2.24, 2.45) is 0 Å². The van der Waals surface area contributed by atoms with E-state index in [1.165, 1.54) is 43.5 Å². The van der Waals surface area contributed by atoms with Crippen LogP contribution in [0.4, 0.5) is 0 Å². The summed E-state index contributed by atoms with van der Waals surface area (Å²) in [6.45, 7) is 0. The number of fused-ring (bicyclic) bond motifs is 7. The molecule has 5 heteroatoms. The molecule has 60 heavy (non-hydrogen) atoms. The van der Waals surface area contributed by atoms with Crippen molar-refractivity contribution in [2.75, 3.05) is 0 Å². The Bertz CT molecular complexity index is 3530. The topological polar surface area (TPSA) is 48.5 Å². The molecule has 0 saturated heterocycles. The minimum Gasteiger partial charge on any atom is -0.309 e. The molecule has 0 aliphatic heterocycles. The zero-order chi connectivity index (χ0) is 39.6. The van der Waals surface area contributed by atoms with Crippen molar-refractivity contribution in [1.82, 2.24) is 24.1 Å². The number of hydrogen-bond donors (Lipinski definition) is 0. The van der Waals surface area contributed by atoms with Crippen LogP contribution in [0.15, 0.2) is 212 Å². The maximum atomic E-state index is 5.11. The second kappa shape index (κ2) is 13.8. The predicted octanol–water partition coefficient (Wildman–Crippen LogP) is 13.9. The molecule has 0 aliphatic carbocycles. The van der Waals surface area contributed by atoms with Gasteiger partial charge in [-0.3, -0.25) is 0 Å². The van der Waals surface area contributed by atoms with Gasteiger partial charge in [-0.25, -0.2) is 15.0 Å². The molecule has 5 nitrogen and oxygen atoms in total. The van der Waals surface area contributed by atoms with Crippen molar-refractivity contribution in [1.29, 1.82) is 0 Å². The van der Waals surface area contributed by atoms with Gasteiger partial charge in [0.15, 0.2) is 17.5 Å². The van der Waals surface area contributed by atoms with E-state index in [0.29, 0.717) is 17.5 Å². The molecule has 0 amide bonds. The number of hydrogen-bond acceptors (Lipinski definition) is 3. The first-order valence-electron chi connectivity index (χ1n) is 20.3. The summed E-state index contributed by atoms with van der Waals surface area (Å²) in [6.07, 6.45) is 0. The second-order valence-corrected chi connectivity index (χ2v) is 15.3. The lowest BCUT2D eigenvalue weighted by Gasteiger charge is -2.12. The standard InChI is InChI=1S/C55H35N5/c1-2-12-36(13-3-1)38-22-25-39(26-23-38)53-56-54(58-55(57-53)42-27-24-37-14-4-5-15-41(37)34-42)40-28-30-43(31-29-40)59-51-21-11-8-18-47(51)48-35-44(32-33-52(48)59)60-49-19-9-6-16-45(49)46-17-7-10-20-50(46)60/h1-35H. The number of para-hydroxylation sites is 3. The van der Waals surface area contributed by atoms with Gasteiger partial charge in [0.1, 0.15) is 0 Å². The highest BCUT2D eigenvalue weighted by Gasteiger charge is 2.18. The van der Waals surface area contributed by atoms with Crippen molar-refractivity contribution >= 4 is 54.4 Å². The van der Waals surface area contributed by atoms with Crippen LogP contribution in [-0.4, -0.2) is 24.1 Å². The molecule has 0 unspecified atom stereocenters. The van der Waals surface area contributed by atoms with Gasteiger partial charge in [0.25, 0.3) is 0 Å². The molecule has 0 spiro atoms. The highest BCUT2D eigenvalue weighted by Crippen LogP contribution is 2.37. The third-order valence-corrected chi connectivity index (χ3v) is 11.8. The Morgan fingerprint density at radius 3 is 1.30 bits per heavy atom. The molecule has 3 heterocycles. The zero-order valence-corrected chi connectivity index (χ0v) is 32.4. The third-order valence-electron chi connectivity index (χ3n) is 11.8. The van der Waals surface area contributed by atoms with Crippen LogP contribution in [0.1, 0.15) is 0 Å². The number of nitrogens with zero attached hydrogens (tertiary/aromatic N) is 5. The first kappa shape index (κ1) is 33.9. The zero-order valence-electron chi connectivity index (χ0n) is 32.4. The fourth-order valence-corrected chi connectivity index (χ4v) is 8.87. The Morgan fingerprint density at radius 2 is 0.667 bits per heavy atom. The van der Waals surface area contributed by atoms with Crippen molar-refractivity contribution in [3.05, 3.63) is 212 Å². The highest BCUT2D eigenvalue weighted by molar-refractivity contribution is 6.12. The van der Waals surface area contributed by atoms with Gasteiger partial charge in [0.05, 0.1) is 22.1 Å². The lowest BCUT2D eigenvalue weighted by molar-refractivity contribution is 1.07. The molecule has 0 atom stereocenters. The van der Waals surface area contributed by atoms with Crippen molar-refractivity contribution in [3.63, 3.8) is 0 Å². The number of benzene rings is 9. The van der Waals surface area contributed by atoms with E-state index in [0.717, 1.165) is 50.0 Å². The largest absolute Gasteiger partial charge is 0.309 e. The molecule has 3 aromatic heterocycles. The molecular weight excluding hydrogens is 731 g/mol. The molecule has 0 fully saturated rings. The molecule has 0 aliphatic rings. The Hall–Kier alpha value is -8.15. The van der Waals surface area contributed by atoms with Crippen LogP contribution in [0.5, 0.6) is 0 Å². The van der Waals surface area contributed by atoms with E-state index in [-0.39, 0.29) is 0 Å². The maximum Gasteiger partial charge on any atom is 0.164 e. The first-order chi connectivity index (χ1) is 29.7. The summed E-state index contributed by atoms with van der Waals surface area (Å²) in [5.74, 6) is 1.89. The van der Waals surface area contributed by atoms with Crippen molar-refractivity contribution < 1.29 is 0 Å². The van der Waals surface area contributed by atoms with E-state index < -0.39 is 0 Å². The van der Waals surface area contributed by atoms with Crippen LogP contribution >= 0.6 is 0 Å². The summed E-state index contributed by atoms with van der Waals surface area (Å²) < 4.78 is 4.75. The van der Waals surface area contributed by atoms with Gasteiger partial charge in [-0.05, 0) is 88.6 Å². The summed E-state index contributed by atoms with van der Waals surface area (Å²) in [6, 6.07) is 75.2. The Kier molecular flexibility index (Phi) is 7.78. The van der Waals surface area contributed by atoms with Crippen molar-refractivity contribution in [3.8, 4) is 56.7 Å². The molecule has 12 rings (SSSR count). The Morgan fingerprint density at radius 1 is 0.250 bits per heavy atom. The molecule has 280 valence electrons. The van der Waals surface area contributed by atoms with Gasteiger partial charge in [0, 0.05) is 49.6 Å². The molecule has 0 N–H and O–H groups in total. The lowest BCUT2D eigenvalue weighted by Crippen LogP contribution is -2.01. The molecular formula is C55H35N5. The average Bonchev–Trinajstić information content (AvgIpc) is 3.84. The number of rotatable bonds is 6. The molecule has 0 saturated carbocycles. The summed E-state index contributed by atoms with van der Waals surface area (Å²) >= 11 is 0. The summed E-state index contributed by atoms with van der Waals surface area (Å²) in [5, 5.41) is 7.24. The van der Waals surface area contributed by atoms with Crippen LogP contribution in [0.3, 0.4) is 0 Å². The van der Waals surface area contributed by atoms with Gasteiger partial charge < -0.3 is 9.13 Å². The first-order valence-corrected chi connectivity index (χ1v) is 20.3. The van der Waals surface area contributed by atoms with E-state index in [1.807, 2.05) is 6.07 Å². The van der Waals surface area contributed by atoms with Gasteiger partial charge in [0.2, 0.25) is 0 Å². The lowest BCUT2D eigenvalue weighted by atomic mass is 10.0. The van der Waals surface area contributed by atoms with Crippen LogP contribution < -0.4 is 0 Å². The van der Waals surface area contributed by atoms with Gasteiger partial charge >= 0.3 is 0 Å². The summed E-state index contributed by atoms with van der Waals surface area (Å²) in [7, 11) is 0. The van der Waals surface area contributed by atoms with Crippen molar-refractivity contribution in [2.45, 2.75) is 0 Å². The van der Waals surface area contributed by atoms with E-state index in [4.69, 9.17) is 15.0 Å². The quantitative estimate of drug-likeness (QED) is 0.169. The minimum atomic E-state index is 0.625. The second-order valence-electron chi connectivity index (χ2n) is 15.3. The molecule has 0 bridgehead atoms. The van der Waals surface area contributed by atoms with E-state index in [2.05, 4.69) is 215 Å². The van der Waals surface area contributed by atoms with Crippen LogP contribution in [0.25, 0.3) is 111 Å². The molecule has 12 aromatic rings. The monoisotopic (exact) mass is 765 g/mol. The van der Waals surface area contributed by atoms with E-state index in [9.17, 15) is 0 Å². The van der Waals surface area contributed by atoms with Crippen LogP contribution in [0.2, 0.25) is 0 Å². The smallest absolute Gasteiger partial charge is 0.164 e. The molecule has 0 radical (unpaired) electrons. The molecule has 9 aromatic carbocycles. The highest BCUT2D eigenvalue weighted by atomic mass is 15.0. The maximum absolute atomic E-state index is 5.11. The fourth-order valence-electron chi connectivity index (χ4n) is 8.87. The predicted molar refractivity (Wildman–Crippen MR) is 248 cm³/mol. The van der Waals surface area contributed by atoms with Gasteiger partial charge in [-0.1, -0.05) is 146 Å². The fraction of sp³-hybridized carbons (Fsp3) is 0. The third kappa shape index (κ3) is 5.59. The number of aromatic nitrogens is 5. The summed E-state index contributed by atoms with van der Waals surface area (Å²) in [5.41, 5.74) is 12.0. The van der Waals surface area contributed by atoms with E-state index >= 15 is 0 Å². The average molecular weight is 766 g/mol. The van der Waals surface area contributed by atoms with Gasteiger partial charge in [-0.15, -0.1) is 0 Å². The Labute approximate surface area is 346 Å². The normalized spacial score (nSPS) is 11.7. The Balaban J connectivity index is 0.969. The van der Waals surface area contributed by atoms with Crippen LogP contribution in [0, 0.1) is 0 Å².